The first-order valence-electron chi connectivity index (χ1n) is 5.09. The summed E-state index contributed by atoms with van der Waals surface area (Å²) >= 11 is 0. The summed E-state index contributed by atoms with van der Waals surface area (Å²) in [5.74, 6) is -1.08. The minimum Gasteiger partial charge on any atom is -0.481 e. The number of aryl methyl sites for hydroxylation is 1. The van der Waals surface area contributed by atoms with Crippen LogP contribution in [0.15, 0.2) is 6.33 Å². The average Bonchev–Trinajstić information content (AvgIpc) is 2.65. The van der Waals surface area contributed by atoms with Gasteiger partial charge in [0.2, 0.25) is 12.1 Å². The summed E-state index contributed by atoms with van der Waals surface area (Å²) in [6.07, 6.45) is 0.547. The van der Waals surface area contributed by atoms with Crippen molar-refractivity contribution in [3.63, 3.8) is 0 Å². The lowest BCUT2D eigenvalue weighted by Gasteiger charge is -2.14. The SMILES string of the molecule is COC(CNc1c([N+](=O)[O-])ncn1C)CC(=O)O. The molecule has 0 bridgehead atoms. The number of aliphatic carboxylic acids is 1. The second-order valence-electron chi connectivity index (χ2n) is 3.62. The molecular formula is C9H14N4O5. The Hall–Kier alpha value is -2.16. The van der Waals surface area contributed by atoms with Crippen LogP contribution in [0.1, 0.15) is 6.42 Å². The Morgan fingerprint density at radius 1 is 1.78 bits per heavy atom. The van der Waals surface area contributed by atoms with Crippen LogP contribution in [-0.4, -0.2) is 45.3 Å². The summed E-state index contributed by atoms with van der Waals surface area (Å²) in [6, 6.07) is 0. The molecule has 0 amide bonds. The minimum absolute atomic E-state index is 0.142. The van der Waals surface area contributed by atoms with E-state index in [0.717, 1.165) is 0 Å². The van der Waals surface area contributed by atoms with E-state index in [4.69, 9.17) is 9.84 Å². The lowest BCUT2D eigenvalue weighted by atomic mass is 10.2. The molecule has 9 nitrogen and oxygen atoms in total. The van der Waals surface area contributed by atoms with Crippen LogP contribution in [0.4, 0.5) is 11.6 Å². The summed E-state index contributed by atoms with van der Waals surface area (Å²) in [5.41, 5.74) is 0. The maximum Gasteiger partial charge on any atom is 0.406 e. The zero-order valence-electron chi connectivity index (χ0n) is 9.99. The molecule has 0 aliphatic rings. The van der Waals surface area contributed by atoms with Crippen LogP contribution in [0.2, 0.25) is 0 Å². The van der Waals surface area contributed by atoms with Crippen molar-refractivity contribution >= 4 is 17.6 Å². The van der Waals surface area contributed by atoms with Gasteiger partial charge in [0.1, 0.15) is 0 Å². The van der Waals surface area contributed by atoms with Crippen molar-refractivity contribution in [1.29, 1.82) is 0 Å². The number of nitrogens with one attached hydrogen (secondary N) is 1. The summed E-state index contributed by atoms with van der Waals surface area (Å²) in [7, 11) is 2.98. The maximum atomic E-state index is 10.7. The number of hydrogen-bond donors (Lipinski definition) is 2. The Morgan fingerprint density at radius 3 is 2.94 bits per heavy atom. The number of hydrogen-bond acceptors (Lipinski definition) is 6. The fourth-order valence-corrected chi connectivity index (χ4v) is 1.40. The predicted molar refractivity (Wildman–Crippen MR) is 61.4 cm³/mol. The zero-order chi connectivity index (χ0) is 13.7. The summed E-state index contributed by atoms with van der Waals surface area (Å²) in [4.78, 5) is 24.2. The molecule has 1 rings (SSSR count). The predicted octanol–water partition coefficient (Wildman–Crippen LogP) is 0.230. The summed E-state index contributed by atoms with van der Waals surface area (Å²) in [6.45, 7) is 0.142. The van der Waals surface area contributed by atoms with E-state index in [1.807, 2.05) is 0 Å². The fourth-order valence-electron chi connectivity index (χ4n) is 1.40. The van der Waals surface area contributed by atoms with E-state index in [0.29, 0.717) is 0 Å². The highest BCUT2D eigenvalue weighted by atomic mass is 16.6. The molecule has 9 heteroatoms. The molecule has 0 aliphatic carbocycles. The third-order valence-corrected chi connectivity index (χ3v) is 2.32. The van der Waals surface area contributed by atoms with E-state index in [2.05, 4.69) is 10.3 Å². The van der Waals surface area contributed by atoms with Crippen LogP contribution in [0.25, 0.3) is 0 Å². The van der Waals surface area contributed by atoms with Crippen LogP contribution in [0.5, 0.6) is 0 Å². The number of aromatic nitrogens is 2. The number of carbonyl (C=O) groups is 1. The number of nitrogens with zero attached hydrogens (tertiary/aromatic N) is 3. The van der Waals surface area contributed by atoms with Crippen LogP contribution in [-0.2, 0) is 16.6 Å². The third kappa shape index (κ3) is 3.42. The van der Waals surface area contributed by atoms with Gasteiger partial charge in [-0.15, -0.1) is 0 Å². The Morgan fingerprint density at radius 2 is 2.44 bits per heavy atom. The molecule has 1 aromatic heterocycles. The maximum absolute atomic E-state index is 10.7. The molecule has 0 saturated heterocycles. The van der Waals surface area contributed by atoms with Crippen LogP contribution in [0.3, 0.4) is 0 Å². The molecule has 0 fully saturated rings. The van der Waals surface area contributed by atoms with Crippen molar-refractivity contribution in [2.24, 2.45) is 7.05 Å². The molecule has 0 spiro atoms. The second-order valence-corrected chi connectivity index (χ2v) is 3.62. The van der Waals surface area contributed by atoms with Crippen molar-refractivity contribution in [2.45, 2.75) is 12.5 Å². The van der Waals surface area contributed by atoms with Gasteiger partial charge in [-0.1, -0.05) is 0 Å². The van der Waals surface area contributed by atoms with Crippen molar-refractivity contribution in [3.05, 3.63) is 16.4 Å². The third-order valence-electron chi connectivity index (χ3n) is 2.32. The molecule has 2 N–H and O–H groups in total. The highest BCUT2D eigenvalue weighted by Crippen LogP contribution is 2.21. The van der Waals surface area contributed by atoms with E-state index < -0.39 is 17.0 Å². The number of rotatable bonds is 7. The van der Waals surface area contributed by atoms with Gasteiger partial charge in [-0.25, -0.2) is 0 Å². The van der Waals surface area contributed by atoms with Crippen molar-refractivity contribution in [3.8, 4) is 0 Å². The standard InChI is InChI=1S/C9H14N4O5/c1-12-5-11-9(13(16)17)8(12)10-4-6(18-2)3-7(14)15/h5-6,10H,3-4H2,1-2H3,(H,14,15). The number of methoxy groups -OCH3 is 1. The van der Waals surface area contributed by atoms with Crippen molar-refractivity contribution in [1.82, 2.24) is 9.55 Å². The molecular weight excluding hydrogens is 244 g/mol. The number of carboxylic acid groups (broad SMARTS) is 1. The van der Waals surface area contributed by atoms with Crippen molar-refractivity contribution < 1.29 is 19.6 Å². The van der Waals surface area contributed by atoms with E-state index in [-0.39, 0.29) is 24.6 Å². The van der Waals surface area contributed by atoms with Crippen molar-refractivity contribution in [2.75, 3.05) is 19.0 Å². The van der Waals surface area contributed by atoms with Gasteiger partial charge in [0.25, 0.3) is 0 Å². The minimum atomic E-state index is -0.997. The molecule has 1 aromatic rings. The number of imidazole rings is 1. The van der Waals surface area contributed by atoms with Gasteiger partial charge >= 0.3 is 11.8 Å². The van der Waals surface area contributed by atoms with Gasteiger partial charge in [0.15, 0.2) is 0 Å². The summed E-state index contributed by atoms with van der Waals surface area (Å²) in [5, 5.41) is 22.1. The van der Waals surface area contributed by atoms with E-state index >= 15 is 0 Å². The molecule has 0 radical (unpaired) electrons. The first kappa shape index (κ1) is 13.9. The molecule has 0 aliphatic heterocycles. The van der Waals surface area contributed by atoms with E-state index in [1.165, 1.54) is 18.0 Å². The first-order valence-corrected chi connectivity index (χ1v) is 5.09. The topological polar surface area (TPSA) is 120 Å². The van der Waals surface area contributed by atoms with E-state index in [9.17, 15) is 14.9 Å². The fraction of sp³-hybridized carbons (Fsp3) is 0.556. The van der Waals surface area contributed by atoms with Crippen LogP contribution in [0, 0.1) is 10.1 Å². The Kier molecular flexibility index (Phi) is 4.60. The van der Waals surface area contributed by atoms with E-state index in [1.54, 1.807) is 7.05 Å². The Bertz CT molecular complexity index is 444. The number of anilines is 1. The van der Waals surface area contributed by atoms with Crippen LogP contribution >= 0.6 is 0 Å². The number of carboxylic acids is 1. The highest BCUT2D eigenvalue weighted by molar-refractivity contribution is 5.67. The van der Waals surface area contributed by atoms with Gasteiger partial charge in [0.05, 0.1) is 12.5 Å². The number of ether oxygens (including phenoxy) is 1. The zero-order valence-corrected chi connectivity index (χ0v) is 9.99. The molecule has 18 heavy (non-hydrogen) atoms. The van der Waals surface area contributed by atoms with Crippen LogP contribution < -0.4 is 5.32 Å². The molecule has 1 atom stereocenters. The molecule has 0 saturated carbocycles. The summed E-state index contributed by atoms with van der Waals surface area (Å²) < 4.78 is 6.41. The lowest BCUT2D eigenvalue weighted by molar-refractivity contribution is -0.388. The average molecular weight is 258 g/mol. The molecule has 100 valence electrons. The smallest absolute Gasteiger partial charge is 0.406 e. The largest absolute Gasteiger partial charge is 0.481 e. The van der Waals surface area contributed by atoms with Gasteiger partial charge in [-0.3, -0.25) is 9.36 Å². The molecule has 1 heterocycles. The number of nitro groups is 1. The normalized spacial score (nSPS) is 12.1. The van der Waals surface area contributed by atoms with Gasteiger partial charge in [-0.05, 0) is 9.91 Å². The monoisotopic (exact) mass is 258 g/mol. The Balaban J connectivity index is 2.70. The second kappa shape index (κ2) is 5.96. The Labute approximate surface area is 103 Å². The highest BCUT2D eigenvalue weighted by Gasteiger charge is 2.21. The lowest BCUT2D eigenvalue weighted by Crippen LogP contribution is -2.25. The molecule has 1 unspecified atom stereocenters. The first-order chi connectivity index (χ1) is 8.45. The quantitative estimate of drug-likeness (QED) is 0.530. The molecule has 0 aromatic carbocycles. The van der Waals surface area contributed by atoms with Gasteiger partial charge in [-0.2, -0.15) is 0 Å². The van der Waals surface area contributed by atoms with Gasteiger partial charge < -0.3 is 25.3 Å². The van der Waals surface area contributed by atoms with Gasteiger partial charge in [0, 0.05) is 20.7 Å².